The number of rotatable bonds is 12. The van der Waals surface area contributed by atoms with E-state index < -0.39 is 0 Å². The Morgan fingerprint density at radius 1 is 1.15 bits per heavy atom. The molecule has 2 fully saturated rings. The van der Waals surface area contributed by atoms with E-state index in [1.54, 1.807) is 18.9 Å². The lowest BCUT2D eigenvalue weighted by atomic mass is 9.92. The van der Waals surface area contributed by atoms with Gasteiger partial charge in [-0.05, 0) is 43.7 Å². The van der Waals surface area contributed by atoms with Gasteiger partial charge in [-0.25, -0.2) is 4.68 Å². The molecule has 1 N–H and O–H groups in total. The van der Waals surface area contributed by atoms with E-state index in [1.807, 2.05) is 34.1 Å². The summed E-state index contributed by atoms with van der Waals surface area (Å²) in [6.07, 6.45) is 2.91. The summed E-state index contributed by atoms with van der Waals surface area (Å²) in [6.45, 7) is 9.04. The normalized spacial score (nSPS) is 19.1. The number of nitrogens with zero attached hydrogens (tertiary/aromatic N) is 5. The highest BCUT2D eigenvalue weighted by Gasteiger charge is 2.37. The van der Waals surface area contributed by atoms with Crippen LogP contribution in [0.25, 0.3) is 5.69 Å². The maximum atomic E-state index is 14.3. The molecular weight excluding hydrogens is 548 g/mol. The molecule has 2 aliphatic rings. The number of hydrogen-bond acceptors (Lipinski definition) is 8. The Balaban J connectivity index is 0.00000462. The minimum absolute atomic E-state index is 0. The lowest BCUT2D eigenvalue weighted by molar-refractivity contribution is -0.140. The number of ether oxygens (including phenoxy) is 3. The molecule has 2 aromatic rings. The Kier molecular flexibility index (Phi) is 12.8. The number of amides is 2. The van der Waals surface area contributed by atoms with Gasteiger partial charge in [-0.2, -0.15) is 0 Å². The molecule has 0 radical (unpaired) electrons. The van der Waals surface area contributed by atoms with Crippen LogP contribution in [0.15, 0.2) is 24.3 Å². The number of benzene rings is 1. The molecule has 2 atom stereocenters. The lowest BCUT2D eigenvalue weighted by Gasteiger charge is -2.40. The largest absolute Gasteiger partial charge is 0.494 e. The van der Waals surface area contributed by atoms with Crippen molar-refractivity contribution in [3.8, 4) is 11.4 Å². The van der Waals surface area contributed by atoms with Gasteiger partial charge in [-0.3, -0.25) is 9.59 Å². The maximum absolute atomic E-state index is 14.3. The van der Waals surface area contributed by atoms with Gasteiger partial charge < -0.3 is 29.3 Å². The highest BCUT2D eigenvalue weighted by Crippen LogP contribution is 2.27. The SMILES string of the molecule is COCCCCc1c(C(=O)N(CC(C)C)[C@@H]2CNC[C@H](C(=O)N3CCOCC3)C2)nnn1-c1ccccc1OC.Cl. The number of hydrogen-bond donors (Lipinski definition) is 1. The number of para-hydroxylation sites is 2. The van der Waals surface area contributed by atoms with Gasteiger partial charge >= 0.3 is 0 Å². The lowest BCUT2D eigenvalue weighted by Crippen LogP contribution is -2.56. The van der Waals surface area contributed by atoms with Crippen molar-refractivity contribution in [1.82, 2.24) is 30.1 Å². The molecule has 0 bridgehead atoms. The summed E-state index contributed by atoms with van der Waals surface area (Å²) in [4.78, 5) is 31.4. The van der Waals surface area contributed by atoms with Crippen LogP contribution in [0.4, 0.5) is 0 Å². The van der Waals surface area contributed by atoms with Gasteiger partial charge in [0.05, 0.1) is 31.9 Å². The summed E-state index contributed by atoms with van der Waals surface area (Å²) < 4.78 is 18.0. The summed E-state index contributed by atoms with van der Waals surface area (Å²) >= 11 is 0. The van der Waals surface area contributed by atoms with Crippen molar-refractivity contribution in [2.45, 2.75) is 45.6 Å². The molecule has 2 aliphatic heterocycles. The van der Waals surface area contributed by atoms with Crippen LogP contribution in [0.3, 0.4) is 0 Å². The second kappa shape index (κ2) is 16.1. The molecule has 1 aromatic heterocycles. The number of nitrogens with one attached hydrogen (secondary N) is 1. The minimum Gasteiger partial charge on any atom is -0.494 e. The quantitative estimate of drug-likeness (QED) is 0.375. The van der Waals surface area contributed by atoms with E-state index >= 15 is 0 Å². The zero-order valence-corrected chi connectivity index (χ0v) is 25.5. The Bertz CT molecular complexity index is 1120. The highest BCUT2D eigenvalue weighted by molar-refractivity contribution is 5.94. The predicted octanol–water partition coefficient (Wildman–Crippen LogP) is 2.60. The molecule has 41 heavy (non-hydrogen) atoms. The topological polar surface area (TPSA) is 111 Å². The average Bonchev–Trinajstić information content (AvgIpc) is 3.41. The Morgan fingerprint density at radius 3 is 2.61 bits per heavy atom. The molecule has 0 spiro atoms. The number of carbonyl (C=O) groups excluding carboxylic acids is 2. The smallest absolute Gasteiger partial charge is 0.276 e. The molecule has 1 aromatic carbocycles. The highest BCUT2D eigenvalue weighted by atomic mass is 35.5. The number of piperidine rings is 1. The third kappa shape index (κ3) is 8.18. The number of unbranched alkanes of at least 4 members (excludes halogenated alkanes) is 1. The molecule has 12 heteroatoms. The van der Waals surface area contributed by atoms with Gasteiger partial charge in [0.1, 0.15) is 11.4 Å². The molecule has 4 rings (SSSR count). The number of methoxy groups -OCH3 is 2. The number of halogens is 1. The molecular formula is C29H45ClN6O5. The number of aromatic nitrogens is 3. The van der Waals surface area contributed by atoms with E-state index in [9.17, 15) is 9.59 Å². The van der Waals surface area contributed by atoms with E-state index in [-0.39, 0.29) is 42.1 Å². The molecule has 228 valence electrons. The third-order valence-corrected chi connectivity index (χ3v) is 7.55. The van der Waals surface area contributed by atoms with Crippen LogP contribution < -0.4 is 10.1 Å². The van der Waals surface area contributed by atoms with Crippen LogP contribution in [0.2, 0.25) is 0 Å². The molecule has 11 nitrogen and oxygen atoms in total. The molecule has 2 amide bonds. The molecule has 2 saturated heterocycles. The van der Waals surface area contributed by atoms with Crippen molar-refractivity contribution in [2.75, 3.05) is 66.8 Å². The van der Waals surface area contributed by atoms with Gasteiger partial charge in [0.2, 0.25) is 5.91 Å². The van der Waals surface area contributed by atoms with Crippen LogP contribution in [0.1, 0.15) is 49.3 Å². The van der Waals surface area contributed by atoms with Crippen LogP contribution in [0.5, 0.6) is 5.75 Å². The van der Waals surface area contributed by atoms with E-state index in [1.165, 1.54) is 0 Å². The molecule has 3 heterocycles. The van der Waals surface area contributed by atoms with Crippen LogP contribution in [-0.4, -0.2) is 109 Å². The van der Waals surface area contributed by atoms with Crippen molar-refractivity contribution in [1.29, 1.82) is 0 Å². The van der Waals surface area contributed by atoms with E-state index in [4.69, 9.17) is 14.2 Å². The van der Waals surface area contributed by atoms with E-state index in [2.05, 4.69) is 29.5 Å². The van der Waals surface area contributed by atoms with Crippen molar-refractivity contribution in [2.24, 2.45) is 11.8 Å². The summed E-state index contributed by atoms with van der Waals surface area (Å²) in [5, 5.41) is 12.3. The summed E-state index contributed by atoms with van der Waals surface area (Å²) in [7, 11) is 3.31. The van der Waals surface area contributed by atoms with Crippen molar-refractivity contribution in [3.63, 3.8) is 0 Å². The minimum atomic E-state index is -0.183. The zero-order chi connectivity index (χ0) is 28.5. The standard InChI is InChI=1S/C29H44N6O5.ClH/c1-21(2)20-34(23-17-22(18-30-19-23)28(36)33-12-15-40-16-13-33)29(37)27-25(10-7-8-14-38-3)35(32-31-27)24-9-5-6-11-26(24)39-4;/h5-6,9,11,21-23,30H,7-8,10,12-20H2,1-4H3;1H/t22-,23+;/m1./s1. The Labute approximate surface area is 249 Å². The second-order valence-electron chi connectivity index (χ2n) is 11.0. The number of morpholine rings is 1. The molecule has 0 saturated carbocycles. The van der Waals surface area contributed by atoms with Crippen LogP contribution in [-0.2, 0) is 20.7 Å². The fraction of sp³-hybridized carbons (Fsp3) is 0.655. The maximum Gasteiger partial charge on any atom is 0.276 e. The molecule has 0 unspecified atom stereocenters. The number of carbonyl (C=O) groups is 2. The van der Waals surface area contributed by atoms with Crippen molar-refractivity contribution in [3.05, 3.63) is 35.7 Å². The van der Waals surface area contributed by atoms with Gasteiger partial charge in [-0.15, -0.1) is 17.5 Å². The van der Waals surface area contributed by atoms with Gasteiger partial charge in [0, 0.05) is 52.5 Å². The van der Waals surface area contributed by atoms with Gasteiger partial charge in [0.15, 0.2) is 5.69 Å². The Hall–Kier alpha value is -2.73. The first-order valence-electron chi connectivity index (χ1n) is 14.4. The first kappa shape index (κ1) is 32.8. The fourth-order valence-corrected chi connectivity index (χ4v) is 5.54. The Morgan fingerprint density at radius 2 is 1.90 bits per heavy atom. The van der Waals surface area contributed by atoms with E-state index in [0.717, 1.165) is 24.2 Å². The predicted molar refractivity (Wildman–Crippen MR) is 158 cm³/mol. The van der Waals surface area contributed by atoms with Gasteiger partial charge in [0.25, 0.3) is 5.91 Å². The summed E-state index contributed by atoms with van der Waals surface area (Å²) in [5.41, 5.74) is 1.85. The third-order valence-electron chi connectivity index (χ3n) is 7.55. The average molecular weight is 593 g/mol. The van der Waals surface area contributed by atoms with Crippen LogP contribution >= 0.6 is 12.4 Å². The zero-order valence-electron chi connectivity index (χ0n) is 24.7. The second-order valence-corrected chi connectivity index (χ2v) is 11.0. The summed E-state index contributed by atoms with van der Waals surface area (Å²) in [6, 6.07) is 7.48. The summed E-state index contributed by atoms with van der Waals surface area (Å²) in [5.74, 6) is 0.705. The first-order chi connectivity index (χ1) is 19.4. The van der Waals surface area contributed by atoms with E-state index in [0.29, 0.717) is 76.8 Å². The molecule has 0 aliphatic carbocycles. The van der Waals surface area contributed by atoms with Crippen molar-refractivity contribution >= 4 is 24.2 Å². The van der Waals surface area contributed by atoms with Crippen LogP contribution in [0, 0.1) is 11.8 Å². The monoisotopic (exact) mass is 592 g/mol. The van der Waals surface area contributed by atoms with Gasteiger partial charge in [-0.1, -0.05) is 31.2 Å². The van der Waals surface area contributed by atoms with Crippen molar-refractivity contribution < 1.29 is 23.8 Å². The first-order valence-corrected chi connectivity index (χ1v) is 14.4. The fourth-order valence-electron chi connectivity index (χ4n) is 5.54.